The monoisotopic (exact) mass is 749 g/mol. The van der Waals surface area contributed by atoms with E-state index in [0.717, 1.165) is 11.3 Å². The van der Waals surface area contributed by atoms with Crippen LogP contribution in [0.1, 0.15) is 29.9 Å². The van der Waals surface area contributed by atoms with E-state index in [-0.39, 0.29) is 31.9 Å². The number of ether oxygens (including phenoxy) is 3. The van der Waals surface area contributed by atoms with E-state index < -0.39 is 22.5 Å². The normalized spacial score (nSPS) is 14.4. The van der Waals surface area contributed by atoms with E-state index in [1.54, 1.807) is 49.4 Å². The highest BCUT2D eigenvalue weighted by Gasteiger charge is 2.35. The lowest BCUT2D eigenvalue weighted by atomic mass is 9.93. The van der Waals surface area contributed by atoms with E-state index in [9.17, 15) is 19.7 Å². The van der Waals surface area contributed by atoms with Gasteiger partial charge in [0.2, 0.25) is 0 Å². The lowest BCUT2D eigenvalue weighted by molar-refractivity contribution is -0.385. The fraction of sp³-hybridized carbons (Fsp3) is 0.147. The molecule has 5 aromatic rings. The van der Waals surface area contributed by atoms with E-state index in [1.807, 2.05) is 30.3 Å². The Labute approximate surface area is 290 Å². The van der Waals surface area contributed by atoms with Crippen LogP contribution < -0.4 is 24.4 Å². The number of halogens is 2. The smallest absolute Gasteiger partial charge is 0.338 e. The summed E-state index contributed by atoms with van der Waals surface area (Å²) in [4.78, 5) is 44.1. The molecule has 0 amide bonds. The van der Waals surface area contributed by atoms with E-state index >= 15 is 0 Å². The van der Waals surface area contributed by atoms with Gasteiger partial charge in [-0.1, -0.05) is 59.3 Å². The molecule has 0 fully saturated rings. The molecule has 3 aromatic carbocycles. The van der Waals surface area contributed by atoms with Crippen LogP contribution in [0.15, 0.2) is 97.0 Å². The van der Waals surface area contributed by atoms with Gasteiger partial charge in [-0.05, 0) is 58.7 Å². The number of aromatic nitrogens is 1. The number of thiazole rings is 1. The van der Waals surface area contributed by atoms with Gasteiger partial charge in [-0.3, -0.25) is 19.5 Å². The van der Waals surface area contributed by atoms with E-state index in [0.29, 0.717) is 50.2 Å². The van der Waals surface area contributed by atoms with Crippen LogP contribution in [-0.4, -0.2) is 36.3 Å². The van der Waals surface area contributed by atoms with Crippen LogP contribution in [0, 0.1) is 10.1 Å². The zero-order chi connectivity index (χ0) is 34.1. The van der Waals surface area contributed by atoms with Crippen molar-refractivity contribution in [3.8, 4) is 22.8 Å². The van der Waals surface area contributed by atoms with Crippen molar-refractivity contribution < 1.29 is 28.3 Å². The highest BCUT2D eigenvalue weighted by atomic mass is 79.9. The molecule has 48 heavy (non-hydrogen) atoms. The number of rotatable bonds is 9. The molecule has 6 rings (SSSR count). The largest absolute Gasteiger partial charge is 0.493 e. The molecule has 1 atom stereocenters. The minimum absolute atomic E-state index is 0.112. The molecule has 0 spiro atoms. The van der Waals surface area contributed by atoms with Crippen molar-refractivity contribution >= 4 is 62.3 Å². The third-order valence-electron chi connectivity index (χ3n) is 7.49. The Bertz CT molecular complexity index is 2290. The minimum Gasteiger partial charge on any atom is -0.493 e. The number of benzene rings is 3. The molecule has 1 aliphatic rings. The van der Waals surface area contributed by atoms with Gasteiger partial charge in [-0.2, -0.15) is 0 Å². The number of carbonyl (C=O) groups is 1. The zero-order valence-corrected chi connectivity index (χ0v) is 28.7. The maximum Gasteiger partial charge on any atom is 0.338 e. The summed E-state index contributed by atoms with van der Waals surface area (Å²) in [5, 5.41) is 11.7. The van der Waals surface area contributed by atoms with Crippen molar-refractivity contribution in [1.82, 2.24) is 4.57 Å². The molecule has 0 radical (unpaired) electrons. The first-order valence-corrected chi connectivity index (χ1v) is 16.4. The second-order valence-electron chi connectivity index (χ2n) is 10.3. The number of esters is 1. The molecular weight excluding hydrogens is 726 g/mol. The summed E-state index contributed by atoms with van der Waals surface area (Å²) in [6.07, 6.45) is 1.56. The molecule has 3 heterocycles. The van der Waals surface area contributed by atoms with Crippen LogP contribution in [0.2, 0.25) is 5.02 Å². The number of carbonyl (C=O) groups excluding carboxylic acids is 1. The lowest BCUT2D eigenvalue weighted by Crippen LogP contribution is -2.40. The number of nitro groups is 1. The SMILES string of the molecule is CCOC(=O)C1=C(c2ccccc2)N=c2s/c(=C\c3ccc(-c4cc(Cl)c(Br)c([N+](=O)[O-])c4)o3)c(=O)n2[C@H]1c1ccc(OC)c(OC)c1. The summed E-state index contributed by atoms with van der Waals surface area (Å²) >= 11 is 10.5. The highest BCUT2D eigenvalue weighted by molar-refractivity contribution is 9.10. The summed E-state index contributed by atoms with van der Waals surface area (Å²) in [7, 11) is 3.02. The van der Waals surface area contributed by atoms with Gasteiger partial charge in [0.25, 0.3) is 11.2 Å². The summed E-state index contributed by atoms with van der Waals surface area (Å²) < 4.78 is 24.4. The van der Waals surface area contributed by atoms with Crippen LogP contribution in [-0.2, 0) is 9.53 Å². The van der Waals surface area contributed by atoms with Crippen LogP contribution in [0.25, 0.3) is 23.1 Å². The fourth-order valence-corrected chi connectivity index (χ4v) is 6.91. The predicted octanol–water partition coefficient (Wildman–Crippen LogP) is 6.54. The number of furan rings is 1. The summed E-state index contributed by atoms with van der Waals surface area (Å²) in [5.74, 6) is 0.893. The minimum atomic E-state index is -0.935. The van der Waals surface area contributed by atoms with Crippen molar-refractivity contribution in [1.29, 1.82) is 0 Å². The van der Waals surface area contributed by atoms with Crippen molar-refractivity contribution in [2.24, 2.45) is 4.99 Å². The third-order valence-corrected chi connectivity index (χ3v) is 9.83. The standard InChI is InChI=1S/C34H25BrClN3O8S/c1-4-46-33(41)28-30(18-8-6-5-7-9-18)37-34-38(31(28)19-10-12-25(44-2)26(16-19)45-3)32(40)27(48-34)17-21-11-13-24(47-21)20-14-22(36)29(35)23(15-20)39(42)43/h5-17,31H,4H2,1-3H3/b27-17-/t31-/m0/s1. The van der Waals surface area contributed by atoms with Gasteiger partial charge in [0.15, 0.2) is 16.3 Å². The average Bonchev–Trinajstić information content (AvgIpc) is 3.69. The molecule has 0 saturated carbocycles. The fourth-order valence-electron chi connectivity index (χ4n) is 5.34. The first-order valence-electron chi connectivity index (χ1n) is 14.4. The Morgan fingerprint density at radius 2 is 1.83 bits per heavy atom. The molecule has 1 aliphatic heterocycles. The number of hydrogen-bond acceptors (Lipinski definition) is 10. The van der Waals surface area contributed by atoms with Crippen LogP contribution in [0.3, 0.4) is 0 Å². The Morgan fingerprint density at radius 3 is 2.52 bits per heavy atom. The molecular formula is C34H25BrClN3O8S. The Morgan fingerprint density at radius 1 is 1.08 bits per heavy atom. The number of hydrogen-bond donors (Lipinski definition) is 0. The quantitative estimate of drug-likeness (QED) is 0.0943. The van der Waals surface area contributed by atoms with Gasteiger partial charge in [0, 0.05) is 23.3 Å². The van der Waals surface area contributed by atoms with Gasteiger partial charge in [0.1, 0.15) is 16.0 Å². The number of methoxy groups -OCH3 is 2. The predicted molar refractivity (Wildman–Crippen MR) is 184 cm³/mol. The molecule has 244 valence electrons. The van der Waals surface area contributed by atoms with Crippen molar-refractivity contribution in [3.05, 3.63) is 135 Å². The van der Waals surface area contributed by atoms with Gasteiger partial charge >= 0.3 is 5.97 Å². The molecule has 0 saturated heterocycles. The van der Waals surface area contributed by atoms with Crippen molar-refractivity contribution in [2.75, 3.05) is 20.8 Å². The van der Waals surface area contributed by atoms with Gasteiger partial charge < -0.3 is 18.6 Å². The van der Waals surface area contributed by atoms with Gasteiger partial charge in [-0.25, -0.2) is 9.79 Å². The molecule has 2 aromatic heterocycles. The summed E-state index contributed by atoms with van der Waals surface area (Å²) in [5.41, 5.74) is 1.54. The molecule has 14 heteroatoms. The van der Waals surface area contributed by atoms with Crippen molar-refractivity contribution in [2.45, 2.75) is 13.0 Å². The van der Waals surface area contributed by atoms with Crippen LogP contribution >= 0.6 is 38.9 Å². The van der Waals surface area contributed by atoms with Crippen LogP contribution in [0.5, 0.6) is 11.5 Å². The topological polar surface area (TPSA) is 135 Å². The van der Waals surface area contributed by atoms with Crippen molar-refractivity contribution in [3.63, 3.8) is 0 Å². The second kappa shape index (κ2) is 13.6. The van der Waals surface area contributed by atoms with Crippen LogP contribution in [0.4, 0.5) is 5.69 Å². The zero-order valence-electron chi connectivity index (χ0n) is 25.6. The third kappa shape index (κ3) is 6.07. The Hall–Kier alpha value is -4.98. The van der Waals surface area contributed by atoms with Gasteiger partial charge in [0.05, 0.1) is 52.6 Å². The Kier molecular flexibility index (Phi) is 9.35. The van der Waals surface area contributed by atoms with E-state index in [4.69, 9.17) is 35.2 Å². The maximum absolute atomic E-state index is 14.2. The first kappa shape index (κ1) is 32.9. The second-order valence-corrected chi connectivity index (χ2v) is 12.5. The maximum atomic E-state index is 14.2. The molecule has 0 bridgehead atoms. The molecule has 11 nitrogen and oxygen atoms in total. The van der Waals surface area contributed by atoms with E-state index in [1.165, 1.54) is 24.9 Å². The molecule has 0 unspecified atom stereocenters. The summed E-state index contributed by atoms with van der Waals surface area (Å²) in [6.45, 7) is 1.82. The molecule has 0 N–H and O–H groups in total. The molecule has 0 aliphatic carbocycles. The number of nitrogens with zero attached hydrogens (tertiary/aromatic N) is 3. The first-order chi connectivity index (χ1) is 23.1. The average molecular weight is 751 g/mol. The lowest BCUT2D eigenvalue weighted by Gasteiger charge is -2.26. The Balaban J connectivity index is 1.56. The van der Waals surface area contributed by atoms with E-state index in [2.05, 4.69) is 15.9 Å². The number of fused-ring (bicyclic) bond motifs is 1. The number of nitro benzene ring substituents is 1. The highest BCUT2D eigenvalue weighted by Crippen LogP contribution is 2.39. The van der Waals surface area contributed by atoms with Gasteiger partial charge in [-0.15, -0.1) is 0 Å². The summed E-state index contributed by atoms with van der Waals surface area (Å²) in [6, 6.07) is 19.6.